The zero-order chi connectivity index (χ0) is 15.3. The van der Waals surface area contributed by atoms with Gasteiger partial charge in [-0.25, -0.2) is 0 Å². The van der Waals surface area contributed by atoms with Crippen molar-refractivity contribution in [2.24, 2.45) is 0 Å². The van der Waals surface area contributed by atoms with Crippen molar-refractivity contribution in [1.29, 1.82) is 0 Å². The molecule has 0 unspecified atom stereocenters. The molecule has 0 aromatic heterocycles. The van der Waals surface area contributed by atoms with Crippen LogP contribution in [0.3, 0.4) is 0 Å². The van der Waals surface area contributed by atoms with Gasteiger partial charge in [-0.05, 0) is 6.42 Å². The van der Waals surface area contributed by atoms with Crippen molar-refractivity contribution in [2.45, 2.75) is 26.7 Å². The molecule has 2 aromatic rings. The van der Waals surface area contributed by atoms with Gasteiger partial charge in [0.15, 0.2) is 0 Å². The molecule has 0 aliphatic heterocycles. The monoisotopic (exact) mass is 317 g/mol. The summed E-state index contributed by atoms with van der Waals surface area (Å²) in [7, 11) is 0. The molecule has 0 amide bonds. The Morgan fingerprint density at radius 1 is 0.900 bits per heavy atom. The second-order valence-corrected chi connectivity index (χ2v) is 3.44. The molecule has 2 rings (SSSR count). The van der Waals surface area contributed by atoms with Gasteiger partial charge in [-0.15, -0.1) is 40.6 Å². The van der Waals surface area contributed by atoms with E-state index in [2.05, 4.69) is 44.2 Å². The van der Waals surface area contributed by atoms with E-state index in [9.17, 15) is 0 Å². The van der Waals surface area contributed by atoms with Crippen LogP contribution in [-0.4, -0.2) is 20.4 Å². The van der Waals surface area contributed by atoms with Gasteiger partial charge in [-0.3, -0.25) is 0 Å². The van der Waals surface area contributed by atoms with Crippen LogP contribution in [0.15, 0.2) is 30.3 Å². The molecule has 0 spiro atoms. The Balaban J connectivity index is -0.000000368. The molecule has 20 heavy (non-hydrogen) atoms. The summed E-state index contributed by atoms with van der Waals surface area (Å²) in [6, 6.07) is 11.0. The van der Waals surface area contributed by atoms with Crippen molar-refractivity contribution < 1.29 is 31.5 Å². The van der Waals surface area contributed by atoms with E-state index < -0.39 is 0 Å². The minimum Gasteiger partial charge on any atom is -0.307 e. The van der Waals surface area contributed by atoms with Gasteiger partial charge < -0.3 is 14.4 Å². The topological polar surface area (TPSA) is 51.2 Å². The van der Waals surface area contributed by atoms with E-state index in [-0.39, 0.29) is 17.1 Å². The molecule has 0 atom stereocenters. The van der Waals surface area contributed by atoms with Crippen molar-refractivity contribution in [3.8, 4) is 0 Å². The normalized spacial score (nSPS) is 7.70. The van der Waals surface area contributed by atoms with Gasteiger partial charge in [0, 0.05) is 17.1 Å². The van der Waals surface area contributed by atoms with Crippen LogP contribution in [0.2, 0.25) is 0 Å². The summed E-state index contributed by atoms with van der Waals surface area (Å²) in [6.45, 7) is 10.5. The predicted molar refractivity (Wildman–Crippen MR) is 79.7 cm³/mol. The Labute approximate surface area is 131 Å². The second-order valence-electron chi connectivity index (χ2n) is 3.44. The zero-order valence-corrected chi connectivity index (χ0v) is 13.1. The third kappa shape index (κ3) is 6.00. The standard InChI is InChI=1S/C13H15.3CH2O.Fe/c1-3-10-9-11-7-5-6-8-13(11)12(10)4-2;3*1-2;/h5-9H,3-4H2,1-2H3;3*1H2;/q-1;;;;. The van der Waals surface area contributed by atoms with Crippen LogP contribution in [0, 0.1) is 0 Å². The molecule has 2 aromatic carbocycles. The van der Waals surface area contributed by atoms with E-state index in [0.29, 0.717) is 0 Å². The van der Waals surface area contributed by atoms with Gasteiger partial charge in [-0.1, -0.05) is 26.3 Å². The van der Waals surface area contributed by atoms with E-state index in [0.717, 1.165) is 12.8 Å². The van der Waals surface area contributed by atoms with Crippen LogP contribution < -0.4 is 0 Å². The van der Waals surface area contributed by atoms with E-state index in [1.54, 1.807) is 0 Å². The maximum Gasteiger partial charge on any atom is 0.106 e. The first-order valence-corrected chi connectivity index (χ1v) is 5.89. The fourth-order valence-electron chi connectivity index (χ4n) is 2.08. The van der Waals surface area contributed by atoms with Gasteiger partial charge in [0.2, 0.25) is 0 Å². The summed E-state index contributed by atoms with van der Waals surface area (Å²) in [4.78, 5) is 24.0. The Morgan fingerprint density at radius 2 is 1.40 bits per heavy atom. The van der Waals surface area contributed by atoms with Crippen LogP contribution >= 0.6 is 0 Å². The first kappa shape index (κ1) is 23.5. The minimum atomic E-state index is 0. The Kier molecular flexibility index (Phi) is 18.1. The number of fused-ring (bicyclic) bond motifs is 1. The van der Waals surface area contributed by atoms with E-state index in [4.69, 9.17) is 14.4 Å². The molecular weight excluding hydrogens is 296 g/mol. The van der Waals surface area contributed by atoms with Crippen molar-refractivity contribution in [3.05, 3.63) is 41.5 Å². The molecule has 0 bridgehead atoms. The number of rotatable bonds is 2. The third-order valence-corrected chi connectivity index (χ3v) is 2.74. The van der Waals surface area contributed by atoms with Gasteiger partial charge in [0.25, 0.3) is 0 Å². The number of hydrogen-bond acceptors (Lipinski definition) is 3. The molecule has 0 saturated heterocycles. The average molecular weight is 317 g/mol. The van der Waals surface area contributed by atoms with Crippen molar-refractivity contribution >= 4 is 31.1 Å². The van der Waals surface area contributed by atoms with Crippen molar-refractivity contribution in [3.63, 3.8) is 0 Å². The van der Waals surface area contributed by atoms with Gasteiger partial charge in [0.1, 0.15) is 20.4 Å². The largest absolute Gasteiger partial charge is 0.307 e. The molecule has 4 heteroatoms. The van der Waals surface area contributed by atoms with E-state index in [1.807, 2.05) is 20.4 Å². The number of hydrogen-bond donors (Lipinski definition) is 0. The van der Waals surface area contributed by atoms with Crippen LogP contribution in [-0.2, 0) is 44.3 Å². The average Bonchev–Trinajstić information content (AvgIpc) is 2.91. The Hall–Kier alpha value is -1.64. The fourth-order valence-corrected chi connectivity index (χ4v) is 2.08. The molecule has 0 fully saturated rings. The van der Waals surface area contributed by atoms with Crippen LogP contribution in [0.4, 0.5) is 0 Å². The molecule has 112 valence electrons. The quantitative estimate of drug-likeness (QED) is 0.632. The molecular formula is C16H21FeO3-. The number of carbonyl (C=O) groups is 3. The summed E-state index contributed by atoms with van der Waals surface area (Å²) >= 11 is 0. The number of aryl methyl sites for hydroxylation is 2. The first-order chi connectivity index (χ1) is 9.36. The zero-order valence-electron chi connectivity index (χ0n) is 12.0. The smallest absolute Gasteiger partial charge is 0.106 e. The summed E-state index contributed by atoms with van der Waals surface area (Å²) < 4.78 is 0. The Morgan fingerprint density at radius 3 is 1.85 bits per heavy atom. The van der Waals surface area contributed by atoms with E-state index in [1.165, 1.54) is 21.9 Å². The molecule has 0 N–H and O–H groups in total. The molecule has 0 heterocycles. The Bertz CT molecular complexity index is 461. The molecule has 3 nitrogen and oxygen atoms in total. The first-order valence-electron chi connectivity index (χ1n) is 5.89. The number of carbonyl (C=O) groups excluding carboxylic acids is 3. The minimum absolute atomic E-state index is 0. The second kappa shape index (κ2) is 15.4. The van der Waals surface area contributed by atoms with Crippen molar-refractivity contribution in [1.82, 2.24) is 0 Å². The molecule has 0 aliphatic rings. The van der Waals surface area contributed by atoms with Gasteiger partial charge >= 0.3 is 0 Å². The van der Waals surface area contributed by atoms with Gasteiger partial charge in [-0.2, -0.15) is 5.56 Å². The number of benzene rings is 1. The van der Waals surface area contributed by atoms with Crippen LogP contribution in [0.5, 0.6) is 0 Å². The van der Waals surface area contributed by atoms with Crippen LogP contribution in [0.1, 0.15) is 25.0 Å². The molecule has 0 radical (unpaired) electrons. The maximum atomic E-state index is 8.00. The SMILES string of the molecule is C=O.C=O.C=O.CCc1[cH-]c2ccccc2c1CC.[Fe]. The van der Waals surface area contributed by atoms with Gasteiger partial charge in [0.05, 0.1) is 0 Å². The summed E-state index contributed by atoms with van der Waals surface area (Å²) in [6.07, 6.45) is 2.30. The third-order valence-electron chi connectivity index (χ3n) is 2.74. The van der Waals surface area contributed by atoms with E-state index >= 15 is 0 Å². The summed E-state index contributed by atoms with van der Waals surface area (Å²) in [5, 5.41) is 2.85. The predicted octanol–water partition coefficient (Wildman–Crippen LogP) is 3.13. The van der Waals surface area contributed by atoms with Crippen LogP contribution in [0.25, 0.3) is 10.8 Å². The maximum absolute atomic E-state index is 8.00. The van der Waals surface area contributed by atoms with Crippen molar-refractivity contribution in [2.75, 3.05) is 0 Å². The molecule has 0 saturated carbocycles. The summed E-state index contributed by atoms with van der Waals surface area (Å²) in [5.41, 5.74) is 3.06. The fraction of sp³-hybridized carbons (Fsp3) is 0.250. The molecule has 0 aliphatic carbocycles. The summed E-state index contributed by atoms with van der Waals surface area (Å²) in [5.74, 6) is 0.